The highest BCUT2D eigenvalue weighted by Crippen LogP contribution is 2.18. The molecule has 0 heterocycles. The standard InChI is InChI=1S/C37H46F2N4O5.C2HF3O2/c1-6-12-43(13-7-2)37(46)30-20-28(25(4)42-48-14-8-3)19-29(21-30)36(45)41-34(18-27-15-31(38)22-32(39)16-27)35(44)24-40-23-26-10-9-11-33(17-26)47-5;3-2(4,5)1(6)7/h8-11,15-17,19-22,34-35,40,44H,3,6-7,12-14,18,23-24H2,1-2,4-5H3,(H,41,45);(H,6,7)/b42-25+;/t34-,35+;/m0./s1. The van der Waals surface area contributed by atoms with Crippen LogP contribution in [-0.2, 0) is 22.6 Å². The number of rotatable bonds is 19. The molecule has 11 nitrogen and oxygen atoms in total. The van der Waals surface area contributed by atoms with Crippen molar-refractivity contribution in [3.8, 4) is 5.75 Å². The number of aliphatic hydroxyl groups excluding tert-OH is 1. The number of oxime groups is 1. The third kappa shape index (κ3) is 15.9. The fraction of sp³-hybridized carbons (Fsp3) is 0.385. The van der Waals surface area contributed by atoms with Gasteiger partial charge in [0.25, 0.3) is 11.8 Å². The minimum Gasteiger partial charge on any atom is -0.497 e. The molecule has 2 amide bonds. The van der Waals surface area contributed by atoms with E-state index < -0.39 is 41.8 Å². The Labute approximate surface area is 316 Å². The third-order valence-electron chi connectivity index (χ3n) is 7.75. The van der Waals surface area contributed by atoms with Crippen molar-refractivity contribution in [2.24, 2.45) is 5.16 Å². The van der Waals surface area contributed by atoms with Gasteiger partial charge in [-0.15, -0.1) is 0 Å². The number of ether oxygens (including phenoxy) is 1. The van der Waals surface area contributed by atoms with E-state index in [1.54, 1.807) is 37.1 Å². The summed E-state index contributed by atoms with van der Waals surface area (Å²) in [6.07, 6.45) is -3.23. The molecule has 0 spiro atoms. The van der Waals surface area contributed by atoms with Crippen LogP contribution >= 0.6 is 0 Å². The van der Waals surface area contributed by atoms with Crippen molar-refractivity contribution in [3.63, 3.8) is 0 Å². The van der Waals surface area contributed by atoms with Gasteiger partial charge >= 0.3 is 12.1 Å². The fourth-order valence-electron chi connectivity index (χ4n) is 5.17. The Morgan fingerprint density at radius 1 is 0.945 bits per heavy atom. The Balaban J connectivity index is 0.00000136. The molecule has 0 radical (unpaired) electrons. The number of carbonyl (C=O) groups excluding carboxylic acids is 2. The maximum absolute atomic E-state index is 14.1. The molecule has 0 aliphatic heterocycles. The molecule has 0 fully saturated rings. The first-order chi connectivity index (χ1) is 26.0. The molecule has 0 saturated heterocycles. The number of amides is 2. The molecule has 3 aromatic carbocycles. The van der Waals surface area contributed by atoms with E-state index in [1.807, 2.05) is 38.1 Å². The molecular formula is C39H47F5N4O7. The number of methoxy groups -OCH3 is 1. The average molecular weight is 779 g/mol. The van der Waals surface area contributed by atoms with Gasteiger partial charge in [0, 0.05) is 48.9 Å². The highest BCUT2D eigenvalue weighted by atomic mass is 19.4. The number of alkyl halides is 3. The summed E-state index contributed by atoms with van der Waals surface area (Å²) in [7, 11) is 1.57. The van der Waals surface area contributed by atoms with Crippen molar-refractivity contribution in [1.82, 2.24) is 15.5 Å². The second kappa shape index (κ2) is 22.8. The van der Waals surface area contributed by atoms with E-state index in [0.717, 1.165) is 36.6 Å². The lowest BCUT2D eigenvalue weighted by Crippen LogP contribution is -2.48. The van der Waals surface area contributed by atoms with Crippen molar-refractivity contribution in [1.29, 1.82) is 0 Å². The predicted octanol–water partition coefficient (Wildman–Crippen LogP) is 6.29. The van der Waals surface area contributed by atoms with Gasteiger partial charge in [-0.3, -0.25) is 9.59 Å². The van der Waals surface area contributed by atoms with Crippen LogP contribution in [0.4, 0.5) is 22.0 Å². The summed E-state index contributed by atoms with van der Waals surface area (Å²) in [5, 5.41) is 28.5. The number of hydrogen-bond donors (Lipinski definition) is 4. The second-order valence-electron chi connectivity index (χ2n) is 12.3. The Hall–Kier alpha value is -5.35. The first-order valence-electron chi connectivity index (χ1n) is 17.3. The van der Waals surface area contributed by atoms with Crippen molar-refractivity contribution in [3.05, 3.63) is 113 Å². The largest absolute Gasteiger partial charge is 0.497 e. The topological polar surface area (TPSA) is 150 Å². The molecule has 16 heteroatoms. The van der Waals surface area contributed by atoms with Crippen LogP contribution in [0.2, 0.25) is 0 Å². The number of benzene rings is 3. The summed E-state index contributed by atoms with van der Waals surface area (Å²) >= 11 is 0. The van der Waals surface area contributed by atoms with Gasteiger partial charge < -0.3 is 35.3 Å². The van der Waals surface area contributed by atoms with Gasteiger partial charge in [-0.05, 0) is 79.8 Å². The monoisotopic (exact) mass is 778 g/mol. The van der Waals surface area contributed by atoms with Gasteiger partial charge in [0.05, 0.1) is 25.0 Å². The summed E-state index contributed by atoms with van der Waals surface area (Å²) in [5.74, 6) is -4.43. The highest BCUT2D eigenvalue weighted by Gasteiger charge is 2.38. The molecule has 0 aromatic heterocycles. The predicted molar refractivity (Wildman–Crippen MR) is 197 cm³/mol. The molecule has 0 unspecified atom stereocenters. The Bertz CT molecular complexity index is 1740. The number of aliphatic hydroxyl groups is 1. The summed E-state index contributed by atoms with van der Waals surface area (Å²) in [6.45, 7) is 11.0. The van der Waals surface area contributed by atoms with E-state index in [-0.39, 0.29) is 36.6 Å². The lowest BCUT2D eigenvalue weighted by molar-refractivity contribution is -0.192. The molecule has 3 aromatic rings. The van der Waals surface area contributed by atoms with Gasteiger partial charge in [0.1, 0.15) is 24.0 Å². The van der Waals surface area contributed by atoms with Gasteiger partial charge in [-0.2, -0.15) is 13.2 Å². The minimum absolute atomic E-state index is 0.0547. The summed E-state index contributed by atoms with van der Waals surface area (Å²) in [4.78, 5) is 43.4. The van der Waals surface area contributed by atoms with Crippen LogP contribution in [0.25, 0.3) is 0 Å². The molecule has 4 N–H and O–H groups in total. The quantitative estimate of drug-likeness (QED) is 0.0365. The fourth-order valence-corrected chi connectivity index (χ4v) is 5.17. The molecule has 0 aliphatic carbocycles. The summed E-state index contributed by atoms with van der Waals surface area (Å²) < 4.78 is 65.2. The SMILES string of the molecule is C=CCO/N=C(\C)c1cc(C(=O)N[C@@H](Cc2cc(F)cc(F)c2)[C@H](O)CNCc2cccc(OC)c2)cc(C(=O)N(CCC)CCC)c1.O=C(O)C(F)(F)F. The van der Waals surface area contributed by atoms with E-state index in [1.165, 1.54) is 6.07 Å². The number of halogens is 5. The average Bonchev–Trinajstić information content (AvgIpc) is 3.13. The zero-order valence-electron chi connectivity index (χ0n) is 31.1. The van der Waals surface area contributed by atoms with E-state index in [4.69, 9.17) is 19.5 Å². The molecular weight excluding hydrogens is 731 g/mol. The van der Waals surface area contributed by atoms with Crippen LogP contribution in [-0.4, -0.2) is 90.3 Å². The maximum Gasteiger partial charge on any atom is 0.490 e. The van der Waals surface area contributed by atoms with Crippen LogP contribution in [0.15, 0.2) is 78.5 Å². The van der Waals surface area contributed by atoms with Crippen LogP contribution in [0.1, 0.15) is 71.0 Å². The molecule has 0 aliphatic rings. The van der Waals surface area contributed by atoms with Gasteiger partial charge in [0.15, 0.2) is 0 Å². The molecule has 300 valence electrons. The first kappa shape index (κ1) is 45.8. The number of carboxylic acid groups (broad SMARTS) is 1. The van der Waals surface area contributed by atoms with E-state index in [9.17, 15) is 36.6 Å². The Morgan fingerprint density at radius 2 is 1.55 bits per heavy atom. The number of carbonyl (C=O) groups is 3. The molecule has 55 heavy (non-hydrogen) atoms. The van der Waals surface area contributed by atoms with E-state index in [0.29, 0.717) is 42.2 Å². The van der Waals surface area contributed by atoms with Crippen LogP contribution < -0.4 is 15.4 Å². The first-order valence-corrected chi connectivity index (χ1v) is 17.3. The van der Waals surface area contributed by atoms with E-state index in [2.05, 4.69) is 22.4 Å². The van der Waals surface area contributed by atoms with Crippen molar-refractivity contribution >= 4 is 23.5 Å². The van der Waals surface area contributed by atoms with Gasteiger partial charge in [-0.25, -0.2) is 13.6 Å². The van der Waals surface area contributed by atoms with Crippen molar-refractivity contribution in [2.75, 3.05) is 33.4 Å². The number of aliphatic carboxylic acids is 1. The molecule has 0 saturated carbocycles. The maximum atomic E-state index is 14.1. The van der Waals surface area contributed by atoms with Crippen molar-refractivity contribution < 1.29 is 56.1 Å². The van der Waals surface area contributed by atoms with E-state index >= 15 is 0 Å². The Kier molecular flexibility index (Phi) is 19.0. The third-order valence-corrected chi connectivity index (χ3v) is 7.75. The van der Waals surface area contributed by atoms with Crippen LogP contribution in [0.3, 0.4) is 0 Å². The summed E-state index contributed by atoms with van der Waals surface area (Å²) in [6, 6.07) is 14.3. The Morgan fingerprint density at radius 3 is 2.11 bits per heavy atom. The number of carboxylic acids is 1. The normalized spacial score (nSPS) is 12.4. The highest BCUT2D eigenvalue weighted by molar-refractivity contribution is 6.06. The molecule has 3 rings (SSSR count). The smallest absolute Gasteiger partial charge is 0.490 e. The van der Waals surface area contributed by atoms with Gasteiger partial charge in [-0.1, -0.05) is 43.8 Å². The zero-order chi connectivity index (χ0) is 41.1. The summed E-state index contributed by atoms with van der Waals surface area (Å²) in [5.41, 5.74) is 2.54. The minimum atomic E-state index is -5.08. The number of hydrogen-bond acceptors (Lipinski definition) is 8. The molecule has 2 atom stereocenters. The lowest BCUT2D eigenvalue weighted by Gasteiger charge is -2.26. The van der Waals surface area contributed by atoms with Crippen LogP contribution in [0, 0.1) is 11.6 Å². The van der Waals surface area contributed by atoms with Crippen molar-refractivity contribution in [2.45, 2.75) is 64.9 Å². The van der Waals surface area contributed by atoms with Crippen LogP contribution in [0.5, 0.6) is 5.75 Å². The second-order valence-corrected chi connectivity index (χ2v) is 12.3. The molecule has 0 bridgehead atoms. The zero-order valence-corrected chi connectivity index (χ0v) is 31.1. The number of nitrogens with zero attached hydrogens (tertiary/aromatic N) is 2. The number of nitrogens with one attached hydrogen (secondary N) is 2. The lowest BCUT2D eigenvalue weighted by atomic mass is 9.98. The van der Waals surface area contributed by atoms with Gasteiger partial charge in [0.2, 0.25) is 0 Å².